The van der Waals surface area contributed by atoms with Crippen molar-refractivity contribution in [3.63, 3.8) is 0 Å². The molecule has 3 aromatic rings. The van der Waals surface area contributed by atoms with E-state index in [1.165, 1.54) is 14.2 Å². The first-order valence-electron chi connectivity index (χ1n) is 10.8. The molecule has 0 spiro atoms. The normalized spacial score (nSPS) is 18.3. The number of aliphatic hydroxyl groups excluding tert-OH is 1. The summed E-state index contributed by atoms with van der Waals surface area (Å²) in [5, 5.41) is 19.3. The molecule has 0 saturated carbocycles. The first kappa shape index (κ1) is 24.4. The fraction of sp³-hybridized carbons (Fsp3) is 0.333. The number of amides is 1. The maximum absolute atomic E-state index is 14.0. The van der Waals surface area contributed by atoms with Crippen molar-refractivity contribution in [3.05, 3.63) is 65.4 Å². The molecule has 1 amide bonds. The van der Waals surface area contributed by atoms with Gasteiger partial charge >= 0.3 is 6.18 Å². The number of fused-ring (bicyclic) bond motifs is 1. The Morgan fingerprint density at radius 3 is 2.46 bits per heavy atom. The highest BCUT2D eigenvalue weighted by molar-refractivity contribution is 6.07. The number of hydrogen-bond acceptors (Lipinski definition) is 6. The summed E-state index contributed by atoms with van der Waals surface area (Å²) in [5.41, 5.74) is 1.62. The number of halogens is 3. The minimum Gasteiger partial charge on any atom is -0.493 e. The van der Waals surface area contributed by atoms with Crippen LogP contribution in [0, 0.1) is 0 Å². The Hall–Kier alpha value is -3.73. The minimum absolute atomic E-state index is 0.0240. The standard InChI is InChI=1S/C24H25F3N4O4/c1-13(32)14-4-7-16(8-5-14)29-23(33)17-12-28-31-21(24(25,26)27)11-18(30-22(17)31)15-6-9-19(34-2)20(10-15)35-3/h4-10,12-13,18,21,30,32H,11H2,1-3H3,(H,29,33)/t13-,18+,21+/m0/s1. The van der Waals surface area contributed by atoms with Crippen molar-refractivity contribution in [1.29, 1.82) is 0 Å². The Kier molecular flexibility index (Phi) is 6.62. The van der Waals surface area contributed by atoms with Crippen LogP contribution in [0.2, 0.25) is 0 Å². The van der Waals surface area contributed by atoms with E-state index in [0.717, 1.165) is 10.9 Å². The van der Waals surface area contributed by atoms with Crippen molar-refractivity contribution < 1.29 is 32.5 Å². The molecule has 1 aliphatic heterocycles. The predicted octanol–water partition coefficient (Wildman–Crippen LogP) is 4.87. The van der Waals surface area contributed by atoms with Gasteiger partial charge < -0.3 is 25.2 Å². The third-order valence-corrected chi connectivity index (χ3v) is 5.94. The maximum atomic E-state index is 14.0. The number of hydrogen-bond donors (Lipinski definition) is 3. The van der Waals surface area contributed by atoms with Crippen molar-refractivity contribution in [1.82, 2.24) is 9.78 Å². The molecule has 35 heavy (non-hydrogen) atoms. The number of carbonyl (C=O) groups excluding carboxylic acids is 1. The Balaban J connectivity index is 1.66. The predicted molar refractivity (Wildman–Crippen MR) is 123 cm³/mol. The van der Waals surface area contributed by atoms with Crippen molar-refractivity contribution in [2.75, 3.05) is 24.9 Å². The van der Waals surface area contributed by atoms with Gasteiger partial charge in [0, 0.05) is 12.1 Å². The molecule has 0 unspecified atom stereocenters. The van der Waals surface area contributed by atoms with Gasteiger partial charge in [0.25, 0.3) is 5.91 Å². The molecule has 0 saturated heterocycles. The highest BCUT2D eigenvalue weighted by atomic mass is 19.4. The molecule has 3 N–H and O–H groups in total. The molecule has 1 aliphatic rings. The zero-order valence-corrected chi connectivity index (χ0v) is 19.3. The van der Waals surface area contributed by atoms with Crippen LogP contribution in [0.1, 0.15) is 53.0 Å². The van der Waals surface area contributed by atoms with E-state index in [9.17, 15) is 23.1 Å². The van der Waals surface area contributed by atoms with Gasteiger partial charge in [0.1, 0.15) is 11.4 Å². The number of nitrogens with one attached hydrogen (secondary N) is 2. The lowest BCUT2D eigenvalue weighted by Crippen LogP contribution is -2.36. The van der Waals surface area contributed by atoms with Crippen LogP contribution in [-0.2, 0) is 0 Å². The molecule has 186 valence electrons. The molecular weight excluding hydrogens is 465 g/mol. The number of anilines is 2. The van der Waals surface area contributed by atoms with Crippen molar-refractivity contribution in [3.8, 4) is 11.5 Å². The summed E-state index contributed by atoms with van der Waals surface area (Å²) in [7, 11) is 2.91. The third kappa shape index (κ3) is 4.90. The average Bonchev–Trinajstić information content (AvgIpc) is 3.26. The lowest BCUT2D eigenvalue weighted by atomic mass is 9.96. The van der Waals surface area contributed by atoms with Gasteiger partial charge in [0.05, 0.1) is 32.6 Å². The van der Waals surface area contributed by atoms with Crippen molar-refractivity contribution in [2.45, 2.75) is 37.7 Å². The van der Waals surface area contributed by atoms with Crippen LogP contribution in [0.3, 0.4) is 0 Å². The molecule has 2 heterocycles. The number of ether oxygens (including phenoxy) is 2. The zero-order chi connectivity index (χ0) is 25.3. The number of rotatable bonds is 6. The van der Waals surface area contributed by atoms with Crippen LogP contribution >= 0.6 is 0 Å². The number of aromatic nitrogens is 2. The lowest BCUT2D eigenvalue weighted by molar-refractivity contribution is -0.173. The van der Waals surface area contributed by atoms with E-state index in [0.29, 0.717) is 28.3 Å². The van der Waals surface area contributed by atoms with Crippen molar-refractivity contribution in [2.24, 2.45) is 0 Å². The Morgan fingerprint density at radius 2 is 1.86 bits per heavy atom. The van der Waals surface area contributed by atoms with E-state index in [-0.39, 0.29) is 17.8 Å². The summed E-state index contributed by atoms with van der Waals surface area (Å²) in [5.74, 6) is 0.188. The fourth-order valence-electron chi connectivity index (χ4n) is 4.06. The number of methoxy groups -OCH3 is 2. The second-order valence-corrected chi connectivity index (χ2v) is 8.21. The summed E-state index contributed by atoms with van der Waals surface area (Å²) in [6.07, 6.45) is -4.45. The molecule has 1 aromatic heterocycles. The Morgan fingerprint density at radius 1 is 1.17 bits per heavy atom. The fourth-order valence-corrected chi connectivity index (χ4v) is 4.06. The van der Waals surface area contributed by atoms with Crippen LogP contribution in [0.4, 0.5) is 24.7 Å². The Bertz CT molecular complexity index is 1210. The molecule has 0 fully saturated rings. The smallest absolute Gasteiger partial charge is 0.410 e. The quantitative estimate of drug-likeness (QED) is 0.456. The molecule has 8 nitrogen and oxygen atoms in total. The van der Waals surface area contributed by atoms with Crippen LogP contribution in [0.15, 0.2) is 48.7 Å². The van der Waals surface area contributed by atoms with E-state index in [1.54, 1.807) is 49.4 Å². The minimum atomic E-state index is -4.58. The number of nitrogens with zero attached hydrogens (tertiary/aromatic N) is 2. The van der Waals surface area contributed by atoms with E-state index in [1.807, 2.05) is 0 Å². The first-order chi connectivity index (χ1) is 16.6. The summed E-state index contributed by atoms with van der Waals surface area (Å²) >= 11 is 0. The summed E-state index contributed by atoms with van der Waals surface area (Å²) in [6, 6.07) is 8.71. The number of benzene rings is 2. The van der Waals surface area contributed by atoms with Gasteiger partial charge in [-0.3, -0.25) is 4.79 Å². The highest BCUT2D eigenvalue weighted by Crippen LogP contribution is 2.45. The SMILES string of the molecule is COc1ccc([C@H]2C[C@H](C(F)(F)F)n3ncc(C(=O)Nc4ccc([C@H](C)O)cc4)c3N2)cc1OC. The van der Waals surface area contributed by atoms with Crippen LogP contribution < -0.4 is 20.1 Å². The van der Waals surface area contributed by atoms with Gasteiger partial charge in [-0.15, -0.1) is 0 Å². The molecule has 11 heteroatoms. The summed E-state index contributed by atoms with van der Waals surface area (Å²) in [6.45, 7) is 1.62. The molecule has 0 radical (unpaired) electrons. The number of aliphatic hydroxyl groups is 1. The highest BCUT2D eigenvalue weighted by Gasteiger charge is 2.47. The van der Waals surface area contributed by atoms with E-state index < -0.39 is 30.3 Å². The molecule has 2 aromatic carbocycles. The van der Waals surface area contributed by atoms with Crippen LogP contribution in [0.5, 0.6) is 11.5 Å². The van der Waals surface area contributed by atoms with E-state index in [2.05, 4.69) is 15.7 Å². The first-order valence-corrected chi connectivity index (χ1v) is 10.8. The largest absolute Gasteiger partial charge is 0.493 e. The monoisotopic (exact) mass is 490 g/mol. The maximum Gasteiger partial charge on any atom is 0.410 e. The van der Waals surface area contributed by atoms with Gasteiger partial charge in [-0.25, -0.2) is 4.68 Å². The lowest BCUT2D eigenvalue weighted by Gasteiger charge is -2.34. The summed E-state index contributed by atoms with van der Waals surface area (Å²) < 4.78 is 53.3. The van der Waals surface area contributed by atoms with Gasteiger partial charge in [0.15, 0.2) is 17.5 Å². The van der Waals surface area contributed by atoms with Gasteiger partial charge in [-0.05, 0) is 42.3 Å². The molecule has 0 aliphatic carbocycles. The Labute approximate surface area is 199 Å². The zero-order valence-electron chi connectivity index (χ0n) is 19.3. The van der Waals surface area contributed by atoms with Gasteiger partial charge in [-0.1, -0.05) is 18.2 Å². The third-order valence-electron chi connectivity index (χ3n) is 5.94. The summed E-state index contributed by atoms with van der Waals surface area (Å²) in [4.78, 5) is 13.0. The second-order valence-electron chi connectivity index (χ2n) is 8.21. The van der Waals surface area contributed by atoms with Crippen molar-refractivity contribution >= 4 is 17.4 Å². The van der Waals surface area contributed by atoms with E-state index >= 15 is 0 Å². The molecular formula is C24H25F3N4O4. The van der Waals surface area contributed by atoms with Gasteiger partial charge in [0.2, 0.25) is 0 Å². The van der Waals surface area contributed by atoms with Gasteiger partial charge in [-0.2, -0.15) is 18.3 Å². The van der Waals surface area contributed by atoms with E-state index in [4.69, 9.17) is 9.47 Å². The second kappa shape index (κ2) is 9.49. The topological polar surface area (TPSA) is 97.6 Å². The average molecular weight is 490 g/mol. The van der Waals surface area contributed by atoms with Crippen LogP contribution in [-0.4, -0.2) is 41.2 Å². The molecule has 4 rings (SSSR count). The number of carbonyl (C=O) groups is 1. The number of alkyl halides is 3. The van der Waals surface area contributed by atoms with Crippen LogP contribution in [0.25, 0.3) is 0 Å². The molecule has 0 bridgehead atoms. The molecule has 3 atom stereocenters.